The third-order valence-corrected chi connectivity index (χ3v) is 10.2. The van der Waals surface area contributed by atoms with Crippen LogP contribution < -0.4 is 31.4 Å². The highest BCUT2D eigenvalue weighted by atomic mass is 79.9. The summed E-state index contributed by atoms with van der Waals surface area (Å²) in [6.07, 6.45) is 6.18. The van der Waals surface area contributed by atoms with Gasteiger partial charge in [0.2, 0.25) is 0 Å². The molecule has 0 spiro atoms. The molecule has 0 radical (unpaired) electrons. The van der Waals surface area contributed by atoms with Crippen molar-refractivity contribution in [2.24, 2.45) is 0 Å². The lowest BCUT2D eigenvalue weighted by atomic mass is 10.0. The molecule has 0 atom stereocenters. The zero-order chi connectivity index (χ0) is 41.8. The number of hydrogen-bond donors (Lipinski definition) is 2. The molecule has 12 nitrogen and oxygen atoms in total. The number of anilines is 2. The van der Waals surface area contributed by atoms with Gasteiger partial charge in [-0.2, -0.15) is 0 Å². The average molecular weight is 872 g/mol. The molecule has 0 saturated heterocycles. The molecule has 0 saturated carbocycles. The van der Waals surface area contributed by atoms with Crippen molar-refractivity contribution >= 4 is 49.4 Å². The molecule has 4 heterocycles. The summed E-state index contributed by atoms with van der Waals surface area (Å²) in [6, 6.07) is 49.0. The molecule has 0 bridgehead atoms. The summed E-state index contributed by atoms with van der Waals surface area (Å²) in [5.74, 6) is 0. The van der Waals surface area contributed by atoms with Crippen LogP contribution in [0.15, 0.2) is 191 Å². The maximum Gasteiger partial charge on any atom is 0.287 e. The summed E-state index contributed by atoms with van der Waals surface area (Å²) in [6.45, 7) is 1.67. The molecule has 0 amide bonds. The monoisotopic (exact) mass is 870 g/mol. The Labute approximate surface area is 359 Å². The molecular weight excluding hydrogens is 832 g/mol. The molecule has 4 aromatic heterocycles. The van der Waals surface area contributed by atoms with E-state index in [0.717, 1.165) is 32.3 Å². The first kappa shape index (κ1) is 40.2. The predicted octanol–water partition coefficient (Wildman–Crippen LogP) is 8.49. The fourth-order valence-corrected chi connectivity index (χ4v) is 6.75. The Morgan fingerprint density at radius 1 is 0.492 bits per heavy atom. The smallest absolute Gasteiger partial charge is 0.287 e. The van der Waals surface area contributed by atoms with Crippen molar-refractivity contribution in [3.63, 3.8) is 0 Å². The Kier molecular flexibility index (Phi) is 12.8. The second-order valence-electron chi connectivity index (χ2n) is 13.8. The van der Waals surface area contributed by atoms with E-state index in [1.165, 1.54) is 39.8 Å². The van der Waals surface area contributed by atoms with Crippen LogP contribution >= 0.6 is 15.9 Å². The van der Waals surface area contributed by atoms with Crippen LogP contribution in [0.25, 0.3) is 33.2 Å². The lowest BCUT2D eigenvalue weighted by Crippen LogP contribution is -2.27. The second kappa shape index (κ2) is 19.4. The highest BCUT2D eigenvalue weighted by Gasteiger charge is 2.13. The van der Waals surface area contributed by atoms with Gasteiger partial charge in [0.15, 0.2) is 11.3 Å². The van der Waals surface area contributed by atoms with Crippen LogP contribution in [-0.2, 0) is 26.3 Å². The number of fused-ring (bicyclic) bond motifs is 2. The van der Waals surface area contributed by atoms with Gasteiger partial charge in [0.05, 0.1) is 22.1 Å². The van der Waals surface area contributed by atoms with Crippen LogP contribution in [0.2, 0.25) is 0 Å². The normalized spacial score (nSPS) is 10.8. The maximum atomic E-state index is 12.8. The van der Waals surface area contributed by atoms with Gasteiger partial charge in [-0.15, -0.1) is 9.46 Å². The SMILES string of the molecule is O=c1cc(NCc2ccc(-c3ccccc3)cc2)c2cncnc2n1OCc1ccccc1.O=c1cc(NCc2ccc(Br)cc2)c2cncnc2n1OCc1ccccc1. The highest BCUT2D eigenvalue weighted by molar-refractivity contribution is 9.10. The summed E-state index contributed by atoms with van der Waals surface area (Å²) in [5.41, 5.74) is 8.08. The molecule has 0 aliphatic rings. The van der Waals surface area contributed by atoms with Crippen molar-refractivity contribution in [2.75, 3.05) is 10.6 Å². The summed E-state index contributed by atoms with van der Waals surface area (Å²) >= 11 is 3.43. The molecule has 0 aliphatic heterocycles. The predicted molar refractivity (Wildman–Crippen MR) is 242 cm³/mol. The molecule has 5 aromatic carbocycles. The number of pyridine rings is 2. The molecule has 0 unspecified atom stereocenters. The van der Waals surface area contributed by atoms with Gasteiger partial charge < -0.3 is 20.3 Å². The summed E-state index contributed by atoms with van der Waals surface area (Å²) in [7, 11) is 0. The van der Waals surface area contributed by atoms with E-state index in [-0.39, 0.29) is 24.3 Å². The number of benzene rings is 5. The Morgan fingerprint density at radius 3 is 1.36 bits per heavy atom. The van der Waals surface area contributed by atoms with E-state index in [9.17, 15) is 9.59 Å². The molecule has 9 rings (SSSR count). The molecule has 0 aliphatic carbocycles. The van der Waals surface area contributed by atoms with E-state index >= 15 is 0 Å². The van der Waals surface area contributed by atoms with E-state index in [1.807, 2.05) is 103 Å². The Morgan fingerprint density at radius 2 is 0.902 bits per heavy atom. The highest BCUT2D eigenvalue weighted by Crippen LogP contribution is 2.23. The number of hydrogen-bond acceptors (Lipinski definition) is 10. The minimum absolute atomic E-state index is 0.264. The van der Waals surface area contributed by atoms with Gasteiger partial charge >= 0.3 is 0 Å². The molecule has 0 fully saturated rings. The van der Waals surface area contributed by atoms with Crippen molar-refractivity contribution in [3.05, 3.63) is 224 Å². The van der Waals surface area contributed by atoms with Crippen molar-refractivity contribution in [3.8, 4) is 11.1 Å². The molecular formula is C48H39BrN8O4. The minimum Gasteiger partial charge on any atom is -0.404 e. The van der Waals surface area contributed by atoms with Crippen molar-refractivity contribution in [1.29, 1.82) is 0 Å². The number of nitrogens with one attached hydrogen (secondary N) is 2. The van der Waals surface area contributed by atoms with Crippen LogP contribution in [0.1, 0.15) is 22.3 Å². The van der Waals surface area contributed by atoms with Gasteiger partial charge in [0.1, 0.15) is 25.9 Å². The van der Waals surface area contributed by atoms with Gasteiger partial charge in [0.25, 0.3) is 11.1 Å². The van der Waals surface area contributed by atoms with E-state index in [4.69, 9.17) is 9.68 Å². The van der Waals surface area contributed by atoms with Crippen LogP contribution in [-0.4, -0.2) is 29.4 Å². The lowest BCUT2D eigenvalue weighted by molar-refractivity contribution is 0.0980. The van der Waals surface area contributed by atoms with Crippen LogP contribution in [0.4, 0.5) is 11.4 Å². The zero-order valence-corrected chi connectivity index (χ0v) is 34.4. The summed E-state index contributed by atoms with van der Waals surface area (Å²) < 4.78 is 3.46. The van der Waals surface area contributed by atoms with Crippen molar-refractivity contribution in [2.45, 2.75) is 26.3 Å². The minimum atomic E-state index is -0.293. The molecule has 2 N–H and O–H groups in total. The third kappa shape index (κ3) is 10.2. The fraction of sp³-hybridized carbons (Fsp3) is 0.0833. The molecule has 9 aromatic rings. The molecule has 302 valence electrons. The van der Waals surface area contributed by atoms with Crippen LogP contribution in [0.5, 0.6) is 0 Å². The number of aromatic nitrogens is 6. The maximum absolute atomic E-state index is 12.8. The molecule has 13 heteroatoms. The first-order chi connectivity index (χ1) is 30.0. The number of halogens is 1. The summed E-state index contributed by atoms with van der Waals surface area (Å²) in [5, 5.41) is 8.09. The van der Waals surface area contributed by atoms with Gasteiger partial charge in [-0.05, 0) is 45.5 Å². The lowest BCUT2D eigenvalue weighted by Gasteiger charge is -2.14. The third-order valence-electron chi connectivity index (χ3n) is 9.63. The quantitative estimate of drug-likeness (QED) is 0.116. The first-order valence-corrected chi connectivity index (χ1v) is 20.2. The van der Waals surface area contributed by atoms with Gasteiger partial charge in [0, 0.05) is 42.1 Å². The standard InChI is InChI=1S/C27H22N4O2.C21H17BrN4O2/c32-26-15-25(29-16-20-11-13-23(14-12-20)22-9-5-2-6-10-22)24-17-28-19-30-27(24)31(26)33-18-21-7-3-1-4-8-21;22-17-8-6-15(7-9-17)11-24-19-10-20(27)26(21-18(19)12-23-14-25-21)28-13-16-4-2-1-3-5-16/h1-15,17,19,29H,16,18H2;1-10,12,14,24H,11,13H2. The Hall–Kier alpha value is -7.64. The molecule has 61 heavy (non-hydrogen) atoms. The number of rotatable bonds is 13. The van der Waals surface area contributed by atoms with E-state index in [2.05, 4.69) is 82.9 Å². The number of nitrogens with zero attached hydrogens (tertiary/aromatic N) is 6. The van der Waals surface area contributed by atoms with Gasteiger partial charge in [-0.3, -0.25) is 9.59 Å². The van der Waals surface area contributed by atoms with Crippen molar-refractivity contribution < 1.29 is 9.68 Å². The Balaban J connectivity index is 0.000000171. The largest absolute Gasteiger partial charge is 0.404 e. The topological polar surface area (TPSA) is 138 Å². The van der Waals surface area contributed by atoms with Crippen molar-refractivity contribution in [1.82, 2.24) is 29.4 Å². The van der Waals surface area contributed by atoms with E-state index in [0.29, 0.717) is 46.5 Å². The van der Waals surface area contributed by atoms with E-state index in [1.54, 1.807) is 12.4 Å². The van der Waals surface area contributed by atoms with Crippen LogP contribution in [0, 0.1) is 0 Å². The van der Waals surface area contributed by atoms with Gasteiger partial charge in [-0.1, -0.05) is 143 Å². The summed E-state index contributed by atoms with van der Waals surface area (Å²) in [4.78, 5) is 53.8. The second-order valence-corrected chi connectivity index (χ2v) is 14.7. The van der Waals surface area contributed by atoms with Gasteiger partial charge in [-0.25, -0.2) is 19.9 Å². The van der Waals surface area contributed by atoms with E-state index < -0.39 is 0 Å². The first-order valence-electron chi connectivity index (χ1n) is 19.4. The Bertz CT molecular complexity index is 2970. The fourth-order valence-electron chi connectivity index (χ4n) is 6.49. The van der Waals surface area contributed by atoms with Crippen LogP contribution in [0.3, 0.4) is 0 Å². The average Bonchev–Trinajstić information content (AvgIpc) is 3.31. The zero-order valence-electron chi connectivity index (χ0n) is 32.8.